The van der Waals surface area contributed by atoms with Gasteiger partial charge in [-0.2, -0.15) is 0 Å². The maximum absolute atomic E-state index is 14.3. The molecule has 1 aliphatic carbocycles. The number of rotatable bonds is 12. The fraction of sp³-hybridized carbons (Fsp3) is 0.375. The minimum absolute atomic E-state index is 0.00137. The first-order valence-corrected chi connectivity index (χ1v) is 16.9. The number of ether oxygens (including phenoxy) is 1. The van der Waals surface area contributed by atoms with E-state index in [2.05, 4.69) is 5.32 Å². The van der Waals surface area contributed by atoms with E-state index in [0.717, 1.165) is 48.2 Å². The van der Waals surface area contributed by atoms with Gasteiger partial charge in [0.1, 0.15) is 18.3 Å². The molecular formula is C32H37Cl2N3O5S. The Bertz CT molecular complexity index is 1490. The van der Waals surface area contributed by atoms with Crippen LogP contribution in [0.15, 0.2) is 72.8 Å². The van der Waals surface area contributed by atoms with E-state index >= 15 is 0 Å². The van der Waals surface area contributed by atoms with Crippen LogP contribution < -0.4 is 14.4 Å². The number of para-hydroxylation sites is 2. The molecule has 1 fully saturated rings. The van der Waals surface area contributed by atoms with Crippen LogP contribution in [0.4, 0.5) is 5.69 Å². The molecule has 11 heteroatoms. The van der Waals surface area contributed by atoms with Gasteiger partial charge in [-0.15, -0.1) is 0 Å². The summed E-state index contributed by atoms with van der Waals surface area (Å²) in [7, 11) is -2.51. The van der Waals surface area contributed by atoms with Crippen LogP contribution in [-0.2, 0) is 32.6 Å². The average molecular weight is 647 g/mol. The van der Waals surface area contributed by atoms with Gasteiger partial charge >= 0.3 is 0 Å². The number of nitrogens with one attached hydrogen (secondary N) is 1. The van der Waals surface area contributed by atoms with Crippen LogP contribution in [0.3, 0.4) is 0 Å². The van der Waals surface area contributed by atoms with Crippen molar-refractivity contribution in [3.63, 3.8) is 0 Å². The van der Waals surface area contributed by atoms with Gasteiger partial charge in [0.05, 0.1) is 19.1 Å². The van der Waals surface area contributed by atoms with Gasteiger partial charge in [-0.25, -0.2) is 8.42 Å². The molecule has 230 valence electrons. The summed E-state index contributed by atoms with van der Waals surface area (Å²) in [6.07, 6.45) is 6.13. The lowest BCUT2D eigenvalue weighted by molar-refractivity contribution is -0.140. The van der Waals surface area contributed by atoms with Crippen molar-refractivity contribution in [3.05, 3.63) is 94.0 Å². The molecular weight excluding hydrogens is 609 g/mol. The largest absolute Gasteiger partial charge is 0.495 e. The number of carbonyl (C=O) groups excluding carboxylic acids is 2. The average Bonchev–Trinajstić information content (AvgIpc) is 2.99. The van der Waals surface area contributed by atoms with Crippen LogP contribution in [0.1, 0.15) is 43.2 Å². The van der Waals surface area contributed by atoms with Crippen LogP contribution >= 0.6 is 23.2 Å². The lowest BCUT2D eigenvalue weighted by Crippen LogP contribution is -2.55. The number of hydrogen-bond donors (Lipinski definition) is 1. The fourth-order valence-corrected chi connectivity index (χ4v) is 6.75. The van der Waals surface area contributed by atoms with Crippen molar-refractivity contribution < 1.29 is 22.7 Å². The highest BCUT2D eigenvalue weighted by Crippen LogP contribution is 2.31. The van der Waals surface area contributed by atoms with E-state index in [1.165, 1.54) is 12.0 Å². The molecule has 43 heavy (non-hydrogen) atoms. The van der Waals surface area contributed by atoms with Crippen LogP contribution in [0.25, 0.3) is 0 Å². The van der Waals surface area contributed by atoms with Crippen molar-refractivity contribution in [2.24, 2.45) is 0 Å². The SMILES string of the molecule is COc1ccccc1N(CC(=O)N(Cc1c(Cl)cccc1Cl)[C@@H](Cc1ccccc1)C(=O)NC1CCCCC1)S(C)(=O)=O. The molecule has 1 N–H and O–H groups in total. The number of halogens is 2. The van der Waals surface area contributed by atoms with Crippen LogP contribution in [0.5, 0.6) is 5.75 Å². The zero-order valence-electron chi connectivity index (χ0n) is 24.3. The third-order valence-electron chi connectivity index (χ3n) is 7.65. The number of methoxy groups -OCH3 is 1. The maximum atomic E-state index is 14.3. The van der Waals surface area contributed by atoms with Crippen molar-refractivity contribution in [1.29, 1.82) is 0 Å². The van der Waals surface area contributed by atoms with Crippen molar-refractivity contribution in [3.8, 4) is 5.75 Å². The lowest BCUT2D eigenvalue weighted by atomic mass is 9.94. The number of anilines is 1. The molecule has 1 atom stereocenters. The van der Waals surface area contributed by atoms with Gasteiger partial charge in [-0.3, -0.25) is 13.9 Å². The smallest absolute Gasteiger partial charge is 0.244 e. The maximum Gasteiger partial charge on any atom is 0.244 e. The second kappa shape index (κ2) is 14.9. The van der Waals surface area contributed by atoms with Crippen molar-refractivity contribution >= 4 is 50.7 Å². The summed E-state index contributed by atoms with van der Waals surface area (Å²) in [6, 6.07) is 20.0. The molecule has 0 spiro atoms. The number of amides is 2. The number of sulfonamides is 1. The first-order chi connectivity index (χ1) is 20.6. The van der Waals surface area contributed by atoms with Crippen molar-refractivity contribution in [2.75, 3.05) is 24.2 Å². The summed E-state index contributed by atoms with van der Waals surface area (Å²) >= 11 is 13.1. The summed E-state index contributed by atoms with van der Waals surface area (Å²) < 4.78 is 32.5. The molecule has 3 aromatic carbocycles. The first kappa shape index (κ1) is 32.6. The van der Waals surface area contributed by atoms with Gasteiger partial charge in [0, 0.05) is 34.6 Å². The summed E-state index contributed by atoms with van der Waals surface area (Å²) in [4.78, 5) is 29.8. The van der Waals surface area contributed by atoms with Crippen molar-refractivity contribution in [2.45, 2.75) is 57.2 Å². The molecule has 0 unspecified atom stereocenters. The van der Waals surface area contributed by atoms with E-state index in [1.54, 1.807) is 42.5 Å². The van der Waals surface area contributed by atoms with Gasteiger partial charge in [0.2, 0.25) is 21.8 Å². The Hall–Kier alpha value is -3.27. The van der Waals surface area contributed by atoms with E-state index in [4.69, 9.17) is 27.9 Å². The number of carbonyl (C=O) groups is 2. The Balaban J connectivity index is 1.77. The summed E-state index contributed by atoms with van der Waals surface area (Å²) in [6.45, 7) is -0.667. The van der Waals surface area contributed by atoms with Gasteiger partial charge < -0.3 is 15.0 Å². The molecule has 0 bridgehead atoms. The van der Waals surface area contributed by atoms with E-state index in [0.29, 0.717) is 15.6 Å². The molecule has 0 aliphatic heterocycles. The molecule has 0 radical (unpaired) electrons. The molecule has 0 saturated heterocycles. The first-order valence-electron chi connectivity index (χ1n) is 14.3. The fourth-order valence-electron chi connectivity index (χ4n) is 5.38. The van der Waals surface area contributed by atoms with Crippen molar-refractivity contribution in [1.82, 2.24) is 10.2 Å². The summed E-state index contributed by atoms with van der Waals surface area (Å²) in [5.74, 6) is -0.611. The van der Waals surface area contributed by atoms with Gasteiger partial charge in [-0.05, 0) is 42.7 Å². The standard InChI is InChI=1S/C32H37Cl2N3O5S/c1-42-30-19-10-9-18-28(30)37(43(2,40)41)22-31(38)36(21-25-26(33)16-11-17-27(25)34)29(20-23-12-5-3-6-13-23)32(39)35-24-14-7-4-8-15-24/h3,5-6,9-13,16-19,24,29H,4,7-8,14-15,20-22H2,1-2H3,(H,35,39)/t29-/m0/s1. The molecule has 2 amide bonds. The van der Waals surface area contributed by atoms with Crippen LogP contribution in [0.2, 0.25) is 10.0 Å². The summed E-state index contributed by atoms with van der Waals surface area (Å²) in [5.41, 5.74) is 1.52. The third-order valence-corrected chi connectivity index (χ3v) is 9.48. The molecule has 4 rings (SSSR count). The number of benzene rings is 3. The zero-order chi connectivity index (χ0) is 31.0. The molecule has 0 aromatic heterocycles. The second-order valence-corrected chi connectivity index (χ2v) is 13.4. The number of nitrogens with zero attached hydrogens (tertiary/aromatic N) is 2. The van der Waals surface area contributed by atoms with Crippen LogP contribution in [0, 0.1) is 0 Å². The molecule has 3 aromatic rings. The van der Waals surface area contributed by atoms with E-state index in [1.807, 2.05) is 30.3 Å². The Morgan fingerprint density at radius 3 is 2.19 bits per heavy atom. The quantitative estimate of drug-likeness (QED) is 0.266. The normalized spacial score (nSPS) is 14.5. The zero-order valence-corrected chi connectivity index (χ0v) is 26.7. The highest BCUT2D eigenvalue weighted by Gasteiger charge is 2.35. The Morgan fingerprint density at radius 2 is 1.56 bits per heavy atom. The van der Waals surface area contributed by atoms with Gasteiger partial charge in [0.15, 0.2) is 0 Å². The van der Waals surface area contributed by atoms with Gasteiger partial charge in [0.25, 0.3) is 0 Å². The second-order valence-electron chi connectivity index (χ2n) is 10.7. The molecule has 0 heterocycles. The lowest BCUT2D eigenvalue weighted by Gasteiger charge is -2.35. The van der Waals surface area contributed by atoms with E-state index < -0.39 is 28.5 Å². The summed E-state index contributed by atoms with van der Waals surface area (Å²) in [5, 5.41) is 3.84. The van der Waals surface area contributed by atoms with Crippen LogP contribution in [-0.4, -0.2) is 57.1 Å². The third kappa shape index (κ3) is 8.65. The highest BCUT2D eigenvalue weighted by atomic mass is 35.5. The predicted molar refractivity (Wildman–Crippen MR) is 171 cm³/mol. The minimum atomic E-state index is -3.94. The molecule has 8 nitrogen and oxygen atoms in total. The van der Waals surface area contributed by atoms with E-state index in [9.17, 15) is 18.0 Å². The monoisotopic (exact) mass is 645 g/mol. The topological polar surface area (TPSA) is 96.0 Å². The Kier molecular flexibility index (Phi) is 11.3. The minimum Gasteiger partial charge on any atom is -0.495 e. The molecule has 1 aliphatic rings. The van der Waals surface area contributed by atoms with E-state index in [-0.39, 0.29) is 36.4 Å². The Labute approximate surface area is 264 Å². The number of hydrogen-bond acceptors (Lipinski definition) is 5. The highest BCUT2D eigenvalue weighted by molar-refractivity contribution is 7.92. The van der Waals surface area contributed by atoms with Gasteiger partial charge in [-0.1, -0.05) is 91.0 Å². The molecule has 1 saturated carbocycles. The Morgan fingerprint density at radius 1 is 0.930 bits per heavy atom. The predicted octanol–water partition coefficient (Wildman–Crippen LogP) is 5.86.